The van der Waals surface area contributed by atoms with Crippen molar-refractivity contribution in [1.82, 2.24) is 10.2 Å². The smallest absolute Gasteiger partial charge is 0.264 e. The second kappa shape index (κ2) is 7.25. The van der Waals surface area contributed by atoms with E-state index in [0.717, 1.165) is 6.07 Å². The molecule has 1 aromatic rings. The highest BCUT2D eigenvalue weighted by atomic mass is 35.5. The summed E-state index contributed by atoms with van der Waals surface area (Å²) in [6.07, 6.45) is 0.00525. The number of aliphatic hydroxyl groups is 1. The molecule has 23 heavy (non-hydrogen) atoms. The van der Waals surface area contributed by atoms with Crippen LogP contribution in [0.15, 0.2) is 18.2 Å². The van der Waals surface area contributed by atoms with Gasteiger partial charge in [0.05, 0.1) is 6.61 Å². The Morgan fingerprint density at radius 3 is 2.91 bits per heavy atom. The van der Waals surface area contributed by atoms with E-state index in [0.29, 0.717) is 18.7 Å². The maximum Gasteiger partial charge on any atom is 0.264 e. The summed E-state index contributed by atoms with van der Waals surface area (Å²) < 4.78 is 18.1. The molecule has 6 nitrogen and oxygen atoms in total. The number of hydrogen-bond acceptors (Lipinski definition) is 4. The molecule has 0 spiro atoms. The van der Waals surface area contributed by atoms with E-state index >= 15 is 0 Å². The predicted molar refractivity (Wildman–Crippen MR) is 81.3 cm³/mol. The fourth-order valence-corrected chi connectivity index (χ4v) is 2.68. The van der Waals surface area contributed by atoms with E-state index in [1.807, 2.05) is 0 Å². The molecule has 1 fully saturated rings. The summed E-state index contributed by atoms with van der Waals surface area (Å²) in [5.74, 6) is -1.98. The van der Waals surface area contributed by atoms with Gasteiger partial charge < -0.3 is 20.1 Å². The number of halogens is 2. The van der Waals surface area contributed by atoms with Gasteiger partial charge >= 0.3 is 0 Å². The standard InChI is InChI=1S/C15H18ClFN2O4/c1-23-5-4-19-3-2-15(22,14(19)21)13(20)18-9-10-6-11(16)8-12(17)7-10/h6-8,22H,2-5,9H2,1H3,(H,18,20)/t15-/m0/s1. The van der Waals surface area contributed by atoms with Crippen molar-refractivity contribution in [3.63, 3.8) is 0 Å². The number of nitrogens with one attached hydrogen (secondary N) is 1. The molecule has 1 aliphatic rings. The molecule has 2 amide bonds. The van der Waals surface area contributed by atoms with Crippen molar-refractivity contribution < 1.29 is 23.8 Å². The first-order valence-corrected chi connectivity index (χ1v) is 7.48. The first-order chi connectivity index (χ1) is 10.9. The molecule has 1 heterocycles. The molecule has 1 aromatic carbocycles. The molecule has 0 radical (unpaired) electrons. The molecule has 0 bridgehead atoms. The van der Waals surface area contributed by atoms with Crippen LogP contribution in [0.25, 0.3) is 0 Å². The van der Waals surface area contributed by atoms with E-state index in [1.165, 1.54) is 24.1 Å². The van der Waals surface area contributed by atoms with Gasteiger partial charge in [0.25, 0.3) is 11.8 Å². The minimum absolute atomic E-state index is 0.00525. The van der Waals surface area contributed by atoms with Gasteiger partial charge in [-0.2, -0.15) is 0 Å². The molecule has 1 atom stereocenters. The lowest BCUT2D eigenvalue weighted by atomic mass is 10.0. The lowest BCUT2D eigenvalue weighted by molar-refractivity contribution is -0.154. The number of ether oxygens (including phenoxy) is 1. The molecule has 0 unspecified atom stereocenters. The number of carbonyl (C=O) groups is 2. The van der Waals surface area contributed by atoms with Crippen molar-refractivity contribution in [2.45, 2.75) is 18.6 Å². The zero-order valence-corrected chi connectivity index (χ0v) is 13.4. The van der Waals surface area contributed by atoms with Gasteiger partial charge in [0, 0.05) is 38.2 Å². The third-order valence-electron chi connectivity index (χ3n) is 3.70. The average Bonchev–Trinajstić information content (AvgIpc) is 2.79. The number of amides is 2. The van der Waals surface area contributed by atoms with Crippen LogP contribution >= 0.6 is 11.6 Å². The van der Waals surface area contributed by atoms with E-state index in [-0.39, 0.29) is 24.5 Å². The Labute approximate surface area is 138 Å². The SMILES string of the molecule is COCCN1CC[C@](O)(C(=O)NCc2cc(F)cc(Cl)c2)C1=O. The van der Waals surface area contributed by atoms with Gasteiger partial charge in [0.2, 0.25) is 5.60 Å². The maximum absolute atomic E-state index is 13.2. The molecule has 2 rings (SSSR count). The molecular formula is C15H18ClFN2O4. The van der Waals surface area contributed by atoms with Crippen LogP contribution in [0.4, 0.5) is 4.39 Å². The maximum atomic E-state index is 13.2. The highest BCUT2D eigenvalue weighted by molar-refractivity contribution is 6.30. The minimum Gasteiger partial charge on any atom is -0.383 e. The van der Waals surface area contributed by atoms with Crippen LogP contribution in [0.2, 0.25) is 5.02 Å². The number of methoxy groups -OCH3 is 1. The zero-order chi connectivity index (χ0) is 17.0. The van der Waals surface area contributed by atoms with Crippen molar-refractivity contribution >= 4 is 23.4 Å². The number of likely N-dealkylation sites (tertiary alicyclic amines) is 1. The molecule has 1 saturated heterocycles. The summed E-state index contributed by atoms with van der Waals surface area (Å²) in [6.45, 7) is 0.873. The molecule has 0 aromatic heterocycles. The monoisotopic (exact) mass is 344 g/mol. The van der Waals surface area contributed by atoms with Gasteiger partial charge in [-0.25, -0.2) is 4.39 Å². The highest BCUT2D eigenvalue weighted by Gasteiger charge is 2.50. The fraction of sp³-hybridized carbons (Fsp3) is 0.467. The quantitative estimate of drug-likeness (QED) is 0.745. The Kier molecular flexibility index (Phi) is 5.56. The van der Waals surface area contributed by atoms with Crippen molar-refractivity contribution in [3.05, 3.63) is 34.6 Å². The average molecular weight is 345 g/mol. The Bertz CT molecular complexity index is 593. The molecule has 126 valence electrons. The van der Waals surface area contributed by atoms with Crippen LogP contribution in [-0.4, -0.2) is 54.2 Å². The van der Waals surface area contributed by atoms with Crippen molar-refractivity contribution in [2.75, 3.05) is 26.8 Å². The van der Waals surface area contributed by atoms with Gasteiger partial charge in [0.1, 0.15) is 5.82 Å². The Morgan fingerprint density at radius 1 is 1.52 bits per heavy atom. The van der Waals surface area contributed by atoms with E-state index in [1.54, 1.807) is 0 Å². The summed E-state index contributed by atoms with van der Waals surface area (Å²) in [4.78, 5) is 25.7. The van der Waals surface area contributed by atoms with E-state index < -0.39 is 23.2 Å². The van der Waals surface area contributed by atoms with Gasteiger partial charge in [0.15, 0.2) is 0 Å². The van der Waals surface area contributed by atoms with Gasteiger partial charge in [-0.3, -0.25) is 9.59 Å². The first kappa shape index (κ1) is 17.7. The van der Waals surface area contributed by atoms with Crippen molar-refractivity contribution in [1.29, 1.82) is 0 Å². The first-order valence-electron chi connectivity index (χ1n) is 7.11. The van der Waals surface area contributed by atoms with Gasteiger partial charge in [-0.15, -0.1) is 0 Å². The molecule has 0 saturated carbocycles. The van der Waals surface area contributed by atoms with Gasteiger partial charge in [-0.05, 0) is 23.8 Å². The summed E-state index contributed by atoms with van der Waals surface area (Å²) >= 11 is 5.74. The highest BCUT2D eigenvalue weighted by Crippen LogP contribution is 2.23. The molecule has 2 N–H and O–H groups in total. The zero-order valence-electron chi connectivity index (χ0n) is 12.6. The molecular weight excluding hydrogens is 327 g/mol. The number of carbonyl (C=O) groups excluding carboxylic acids is 2. The topological polar surface area (TPSA) is 78.9 Å². The fourth-order valence-electron chi connectivity index (χ4n) is 2.43. The normalized spacial score (nSPS) is 20.9. The summed E-state index contributed by atoms with van der Waals surface area (Å²) in [7, 11) is 1.50. The van der Waals surface area contributed by atoms with E-state index in [2.05, 4.69) is 5.32 Å². The Balaban J connectivity index is 1.98. The minimum atomic E-state index is -2.09. The number of rotatable bonds is 6. The Hall–Kier alpha value is -1.70. The molecule has 1 aliphatic heterocycles. The summed E-state index contributed by atoms with van der Waals surface area (Å²) in [5, 5.41) is 13.0. The number of hydrogen-bond donors (Lipinski definition) is 2. The lowest BCUT2D eigenvalue weighted by Crippen LogP contribution is -2.52. The van der Waals surface area contributed by atoms with Crippen LogP contribution in [0.3, 0.4) is 0 Å². The Morgan fingerprint density at radius 2 is 2.26 bits per heavy atom. The van der Waals surface area contributed by atoms with E-state index in [9.17, 15) is 19.1 Å². The molecule has 0 aliphatic carbocycles. The van der Waals surface area contributed by atoms with Crippen LogP contribution in [0.5, 0.6) is 0 Å². The predicted octanol–water partition coefficient (Wildman–Crippen LogP) is 0.705. The largest absolute Gasteiger partial charge is 0.383 e. The van der Waals surface area contributed by atoms with Crippen molar-refractivity contribution in [3.8, 4) is 0 Å². The summed E-state index contributed by atoms with van der Waals surface area (Å²) in [5.41, 5.74) is -1.65. The summed E-state index contributed by atoms with van der Waals surface area (Å²) in [6, 6.07) is 3.86. The number of nitrogens with zero attached hydrogens (tertiary/aromatic N) is 1. The lowest BCUT2D eigenvalue weighted by Gasteiger charge is -2.21. The van der Waals surface area contributed by atoms with Crippen LogP contribution < -0.4 is 5.32 Å². The van der Waals surface area contributed by atoms with Crippen LogP contribution in [0, 0.1) is 5.82 Å². The van der Waals surface area contributed by atoms with E-state index in [4.69, 9.17) is 16.3 Å². The van der Waals surface area contributed by atoms with Crippen molar-refractivity contribution in [2.24, 2.45) is 0 Å². The van der Waals surface area contributed by atoms with Crippen LogP contribution in [0.1, 0.15) is 12.0 Å². The third-order valence-corrected chi connectivity index (χ3v) is 3.92. The van der Waals surface area contributed by atoms with Gasteiger partial charge in [-0.1, -0.05) is 11.6 Å². The second-order valence-corrected chi connectivity index (χ2v) is 5.79. The van der Waals surface area contributed by atoms with Crippen LogP contribution in [-0.2, 0) is 20.9 Å². The second-order valence-electron chi connectivity index (χ2n) is 5.36. The molecule has 8 heteroatoms. The number of benzene rings is 1. The third kappa shape index (κ3) is 3.99.